The van der Waals surface area contributed by atoms with Crippen LogP contribution in [0.4, 0.5) is 19.0 Å². The van der Waals surface area contributed by atoms with Gasteiger partial charge in [-0.05, 0) is 49.6 Å². The number of amides is 1. The van der Waals surface area contributed by atoms with Crippen LogP contribution in [0.25, 0.3) is 0 Å². The van der Waals surface area contributed by atoms with Crippen molar-refractivity contribution >= 4 is 21.7 Å². The van der Waals surface area contributed by atoms with Crippen LogP contribution in [0, 0.1) is 6.92 Å². The highest BCUT2D eigenvalue weighted by Gasteiger charge is 2.32. The molecule has 11 heteroatoms. The van der Waals surface area contributed by atoms with Crippen LogP contribution >= 0.6 is 0 Å². The Labute approximate surface area is 197 Å². The lowest BCUT2D eigenvalue weighted by Gasteiger charge is -2.35. The van der Waals surface area contributed by atoms with Gasteiger partial charge in [-0.15, -0.1) is 0 Å². The third-order valence-electron chi connectivity index (χ3n) is 6.36. The van der Waals surface area contributed by atoms with Crippen LogP contribution in [0.15, 0.2) is 41.4 Å². The average molecular weight is 497 g/mol. The zero-order valence-electron chi connectivity index (χ0n) is 18.9. The van der Waals surface area contributed by atoms with E-state index in [1.807, 2.05) is 4.90 Å². The predicted molar refractivity (Wildman–Crippen MR) is 121 cm³/mol. The first-order chi connectivity index (χ1) is 16.1. The van der Waals surface area contributed by atoms with Crippen molar-refractivity contribution in [2.75, 3.05) is 44.2 Å². The fraction of sp³-hybridized carbons (Fsp3) is 0.478. The number of anilines is 1. The number of piperazine rings is 1. The van der Waals surface area contributed by atoms with Crippen LogP contribution in [0.2, 0.25) is 0 Å². The molecule has 184 valence electrons. The minimum atomic E-state index is -4.44. The second-order valence-electron chi connectivity index (χ2n) is 8.62. The van der Waals surface area contributed by atoms with Gasteiger partial charge in [0.25, 0.3) is 5.91 Å². The molecular formula is C23H27F3N4O3S. The maximum Gasteiger partial charge on any atom is 0.417 e. The molecule has 2 aliphatic heterocycles. The Morgan fingerprint density at radius 3 is 2.21 bits per heavy atom. The van der Waals surface area contributed by atoms with E-state index in [9.17, 15) is 26.4 Å². The van der Waals surface area contributed by atoms with Crippen molar-refractivity contribution in [1.82, 2.24) is 14.2 Å². The lowest BCUT2D eigenvalue weighted by molar-refractivity contribution is -0.137. The van der Waals surface area contributed by atoms with Crippen LogP contribution in [-0.2, 0) is 16.2 Å². The number of carbonyl (C=O) groups is 1. The van der Waals surface area contributed by atoms with Crippen molar-refractivity contribution in [3.05, 3.63) is 53.2 Å². The van der Waals surface area contributed by atoms with Gasteiger partial charge in [-0.3, -0.25) is 4.79 Å². The van der Waals surface area contributed by atoms with Crippen molar-refractivity contribution in [1.29, 1.82) is 0 Å². The zero-order valence-corrected chi connectivity index (χ0v) is 19.7. The van der Waals surface area contributed by atoms with E-state index in [0.29, 0.717) is 56.2 Å². The largest absolute Gasteiger partial charge is 0.417 e. The lowest BCUT2D eigenvalue weighted by atomic mass is 10.1. The molecule has 0 bridgehead atoms. The average Bonchev–Trinajstić information content (AvgIpc) is 2.84. The molecule has 0 radical (unpaired) electrons. The van der Waals surface area contributed by atoms with Gasteiger partial charge < -0.3 is 9.80 Å². The van der Waals surface area contributed by atoms with Gasteiger partial charge in [0.15, 0.2) is 0 Å². The number of alkyl halides is 3. The Bertz CT molecular complexity index is 1140. The number of hydrogen-bond donors (Lipinski definition) is 0. The summed E-state index contributed by atoms with van der Waals surface area (Å²) < 4.78 is 65.9. The van der Waals surface area contributed by atoms with E-state index in [0.717, 1.165) is 31.5 Å². The molecule has 0 aliphatic carbocycles. The van der Waals surface area contributed by atoms with Gasteiger partial charge in [0.05, 0.1) is 10.5 Å². The van der Waals surface area contributed by atoms with Crippen LogP contribution < -0.4 is 4.90 Å². The monoisotopic (exact) mass is 496 g/mol. The van der Waals surface area contributed by atoms with Gasteiger partial charge >= 0.3 is 6.18 Å². The van der Waals surface area contributed by atoms with Crippen molar-refractivity contribution < 1.29 is 26.4 Å². The fourth-order valence-electron chi connectivity index (χ4n) is 4.30. The summed E-state index contributed by atoms with van der Waals surface area (Å²) in [6.07, 6.45) is -0.962. The molecule has 2 aliphatic rings. The molecule has 0 spiro atoms. The molecule has 4 rings (SSSR count). The van der Waals surface area contributed by atoms with Crippen LogP contribution in [0.3, 0.4) is 0 Å². The van der Waals surface area contributed by atoms with E-state index in [-0.39, 0.29) is 10.8 Å². The van der Waals surface area contributed by atoms with Gasteiger partial charge in [-0.25, -0.2) is 13.4 Å². The summed E-state index contributed by atoms with van der Waals surface area (Å²) in [7, 11) is -3.66. The molecule has 0 atom stereocenters. The molecule has 3 heterocycles. The molecule has 1 aromatic heterocycles. The van der Waals surface area contributed by atoms with Crippen molar-refractivity contribution in [3.63, 3.8) is 0 Å². The fourth-order valence-corrected chi connectivity index (χ4v) is 5.84. The first-order valence-electron chi connectivity index (χ1n) is 11.3. The lowest BCUT2D eigenvalue weighted by Crippen LogP contribution is -2.49. The number of sulfonamides is 1. The Morgan fingerprint density at radius 1 is 0.941 bits per heavy atom. The predicted octanol–water partition coefficient (Wildman–Crippen LogP) is 3.55. The molecule has 0 N–H and O–H groups in total. The van der Waals surface area contributed by atoms with Gasteiger partial charge in [-0.1, -0.05) is 12.5 Å². The van der Waals surface area contributed by atoms with Crippen molar-refractivity contribution in [3.8, 4) is 0 Å². The van der Waals surface area contributed by atoms with Crippen LogP contribution in [0.5, 0.6) is 0 Å². The van der Waals surface area contributed by atoms with Crippen molar-refractivity contribution in [2.24, 2.45) is 0 Å². The Kier molecular flexibility index (Phi) is 6.86. The molecule has 2 fully saturated rings. The molecule has 2 aromatic rings. The summed E-state index contributed by atoms with van der Waals surface area (Å²) in [5.74, 6) is 0.166. The van der Waals surface area contributed by atoms with E-state index < -0.39 is 21.8 Å². The number of benzene rings is 1. The number of nitrogens with zero attached hydrogens (tertiary/aromatic N) is 4. The number of halogens is 3. The van der Waals surface area contributed by atoms with Crippen LogP contribution in [-0.4, -0.2) is 67.8 Å². The molecular weight excluding hydrogens is 469 g/mol. The standard InChI is InChI=1S/C23H27F3N4O3S/c1-17-5-7-19(34(32,33)30-9-3-2-4-10-30)15-20(17)22(31)29-13-11-28(12-14-29)21-8-6-18(16-27-21)23(24,25)26/h5-8,15-16H,2-4,9-14H2,1H3. The summed E-state index contributed by atoms with van der Waals surface area (Å²) in [6, 6.07) is 7.00. The maximum absolute atomic E-state index is 13.2. The van der Waals surface area contributed by atoms with Gasteiger partial charge in [0, 0.05) is 51.0 Å². The number of aryl methyl sites for hydroxylation is 1. The first-order valence-corrected chi connectivity index (χ1v) is 12.7. The third-order valence-corrected chi connectivity index (χ3v) is 8.25. The number of pyridine rings is 1. The van der Waals surface area contributed by atoms with E-state index in [4.69, 9.17) is 0 Å². The van der Waals surface area contributed by atoms with Gasteiger partial charge in [0.1, 0.15) is 5.82 Å². The van der Waals surface area contributed by atoms with E-state index in [1.54, 1.807) is 24.0 Å². The molecule has 1 amide bonds. The Hall–Kier alpha value is -2.66. The number of aromatic nitrogens is 1. The molecule has 2 saturated heterocycles. The molecule has 34 heavy (non-hydrogen) atoms. The second-order valence-corrected chi connectivity index (χ2v) is 10.6. The second kappa shape index (κ2) is 9.53. The van der Waals surface area contributed by atoms with E-state index in [1.165, 1.54) is 16.4 Å². The highest BCUT2D eigenvalue weighted by molar-refractivity contribution is 7.89. The molecule has 0 unspecified atom stereocenters. The van der Waals surface area contributed by atoms with Gasteiger partial charge in [0.2, 0.25) is 10.0 Å². The van der Waals surface area contributed by atoms with E-state index in [2.05, 4.69) is 4.98 Å². The van der Waals surface area contributed by atoms with Crippen LogP contribution in [0.1, 0.15) is 40.7 Å². The smallest absolute Gasteiger partial charge is 0.353 e. The Balaban J connectivity index is 1.45. The highest BCUT2D eigenvalue weighted by atomic mass is 32.2. The molecule has 1 aromatic carbocycles. The molecule has 0 saturated carbocycles. The summed E-state index contributed by atoms with van der Waals surface area (Å²) in [5.41, 5.74) is 0.230. The topological polar surface area (TPSA) is 73.8 Å². The number of hydrogen-bond acceptors (Lipinski definition) is 5. The molecule has 7 nitrogen and oxygen atoms in total. The van der Waals surface area contributed by atoms with Gasteiger partial charge in [-0.2, -0.15) is 17.5 Å². The summed E-state index contributed by atoms with van der Waals surface area (Å²) in [6.45, 7) is 4.27. The van der Waals surface area contributed by atoms with E-state index >= 15 is 0 Å². The summed E-state index contributed by atoms with van der Waals surface area (Å²) in [4.78, 5) is 20.7. The number of rotatable bonds is 4. The third kappa shape index (κ3) is 5.05. The number of piperidine rings is 1. The normalized spacial score (nSPS) is 18.2. The zero-order chi connectivity index (χ0) is 24.5. The summed E-state index contributed by atoms with van der Waals surface area (Å²) in [5, 5.41) is 0. The Morgan fingerprint density at radius 2 is 1.62 bits per heavy atom. The SMILES string of the molecule is Cc1ccc(S(=O)(=O)N2CCCCC2)cc1C(=O)N1CCN(c2ccc(C(F)(F)F)cn2)CC1. The highest BCUT2D eigenvalue weighted by Crippen LogP contribution is 2.30. The quantitative estimate of drug-likeness (QED) is 0.648. The minimum Gasteiger partial charge on any atom is -0.353 e. The number of carbonyl (C=O) groups excluding carboxylic acids is 1. The minimum absolute atomic E-state index is 0.121. The first kappa shape index (κ1) is 24.5. The summed E-state index contributed by atoms with van der Waals surface area (Å²) >= 11 is 0. The maximum atomic E-state index is 13.2. The van der Waals surface area contributed by atoms with Crippen molar-refractivity contribution in [2.45, 2.75) is 37.3 Å².